The van der Waals surface area contributed by atoms with Crippen LogP contribution in [-0.4, -0.2) is 13.1 Å². The van der Waals surface area contributed by atoms with Crippen LogP contribution in [0.25, 0.3) is 0 Å². The van der Waals surface area contributed by atoms with Crippen molar-refractivity contribution in [3.63, 3.8) is 0 Å². The topological polar surface area (TPSA) is 12.0 Å². The molecule has 0 saturated heterocycles. The molecule has 1 nitrogen and oxygen atoms in total. The number of hydrogen-bond acceptors (Lipinski definition) is 1. The van der Waals surface area contributed by atoms with Gasteiger partial charge in [-0.15, -0.1) is 18.8 Å². The second kappa shape index (κ2) is 6.08. The molecule has 1 heteroatoms. The lowest BCUT2D eigenvalue weighted by atomic mass is 10.4. The van der Waals surface area contributed by atoms with Gasteiger partial charge >= 0.3 is 0 Å². The first kappa shape index (κ1) is 7.08. The van der Waals surface area contributed by atoms with Crippen LogP contribution in [0.15, 0.2) is 0 Å². The van der Waals surface area contributed by atoms with Crippen LogP contribution in [0.4, 0.5) is 0 Å². The average Bonchev–Trinajstić information content (AvgIpc) is 1.81. The van der Waals surface area contributed by atoms with Crippen LogP contribution in [0.3, 0.4) is 0 Å². The van der Waals surface area contributed by atoms with Crippen molar-refractivity contribution in [1.29, 1.82) is 0 Å². The fourth-order valence-electron chi connectivity index (χ4n) is 0.321. The molecule has 0 amide bonds. The highest BCUT2D eigenvalue weighted by atomic mass is 14.8. The van der Waals surface area contributed by atoms with Crippen LogP contribution >= 0.6 is 0 Å². The summed E-state index contributed by atoms with van der Waals surface area (Å²) < 4.78 is 0. The second-order valence-electron chi connectivity index (χ2n) is 1.34. The summed E-state index contributed by atoms with van der Waals surface area (Å²) in [5.41, 5.74) is 0. The van der Waals surface area contributed by atoms with Gasteiger partial charge in [0.1, 0.15) is 0 Å². The van der Waals surface area contributed by atoms with Gasteiger partial charge in [0.25, 0.3) is 0 Å². The van der Waals surface area contributed by atoms with Crippen molar-refractivity contribution in [2.45, 2.75) is 6.42 Å². The maximum absolute atomic E-state index is 4.97. The minimum absolute atomic E-state index is 0.613. The predicted molar refractivity (Wildman–Crippen MR) is 35.2 cm³/mol. The molecule has 42 valence electrons. The zero-order valence-electron chi connectivity index (χ0n) is 4.78. The highest BCUT2D eigenvalue weighted by molar-refractivity contribution is 4.88. The fraction of sp³-hybridized carbons (Fsp3) is 0.429. The minimum atomic E-state index is 0.613. The van der Waals surface area contributed by atoms with Gasteiger partial charge in [0, 0.05) is 13.0 Å². The van der Waals surface area contributed by atoms with Gasteiger partial charge in [0.2, 0.25) is 0 Å². The number of terminal acetylenes is 2. The summed E-state index contributed by atoms with van der Waals surface area (Å²) in [5.74, 6) is 4.94. The Morgan fingerprint density at radius 2 is 2.00 bits per heavy atom. The Morgan fingerprint density at radius 1 is 1.25 bits per heavy atom. The van der Waals surface area contributed by atoms with E-state index in [1.165, 1.54) is 0 Å². The molecule has 0 radical (unpaired) electrons. The van der Waals surface area contributed by atoms with Gasteiger partial charge in [-0.2, -0.15) is 0 Å². The van der Waals surface area contributed by atoms with Gasteiger partial charge in [0.15, 0.2) is 0 Å². The molecule has 0 spiro atoms. The molecular weight excluding hydrogens is 98.1 g/mol. The van der Waals surface area contributed by atoms with Crippen LogP contribution in [0.2, 0.25) is 0 Å². The summed E-state index contributed by atoms with van der Waals surface area (Å²) in [6.07, 6.45) is 10.7. The fourth-order valence-corrected chi connectivity index (χ4v) is 0.321. The van der Waals surface area contributed by atoms with Crippen molar-refractivity contribution in [3.8, 4) is 24.7 Å². The quantitative estimate of drug-likeness (QED) is 0.402. The van der Waals surface area contributed by atoms with Crippen molar-refractivity contribution in [1.82, 2.24) is 5.32 Å². The largest absolute Gasteiger partial charge is 0.305 e. The Balaban J connectivity index is 2.77. The highest BCUT2D eigenvalue weighted by Gasteiger charge is 1.76. The summed E-state index contributed by atoms with van der Waals surface area (Å²) in [5, 5.41) is 2.96. The van der Waals surface area contributed by atoms with Crippen LogP contribution in [0.1, 0.15) is 6.42 Å². The van der Waals surface area contributed by atoms with Crippen molar-refractivity contribution in [3.05, 3.63) is 0 Å². The first-order chi connectivity index (χ1) is 3.91. The molecule has 0 aliphatic carbocycles. The molecule has 0 aromatic rings. The van der Waals surface area contributed by atoms with E-state index < -0.39 is 0 Å². The molecule has 0 rings (SSSR count). The van der Waals surface area contributed by atoms with E-state index in [0.717, 1.165) is 13.0 Å². The van der Waals surface area contributed by atoms with Gasteiger partial charge < -0.3 is 5.32 Å². The Bertz CT molecular complexity index is 97.3. The smallest absolute Gasteiger partial charge is 0.0574 e. The van der Waals surface area contributed by atoms with E-state index in [9.17, 15) is 0 Å². The Labute approximate surface area is 50.5 Å². The van der Waals surface area contributed by atoms with E-state index in [1.54, 1.807) is 0 Å². The third-order valence-corrected chi connectivity index (χ3v) is 0.673. The summed E-state index contributed by atoms with van der Waals surface area (Å²) in [6, 6.07) is 0. The Morgan fingerprint density at radius 3 is 2.50 bits per heavy atom. The average molecular weight is 107 g/mol. The molecular formula is C7H9N. The molecule has 0 heterocycles. The molecule has 0 unspecified atom stereocenters. The van der Waals surface area contributed by atoms with Crippen molar-refractivity contribution in [2.24, 2.45) is 0 Å². The standard InChI is InChI=1S/C7H9N/c1-3-5-7-8-6-4-2/h1-2,8H,5-7H2. The molecule has 0 bridgehead atoms. The normalized spacial score (nSPS) is 7.25. The van der Waals surface area contributed by atoms with E-state index in [1.807, 2.05) is 0 Å². The van der Waals surface area contributed by atoms with Crippen LogP contribution in [0, 0.1) is 24.7 Å². The van der Waals surface area contributed by atoms with Crippen LogP contribution in [0.5, 0.6) is 0 Å². The predicted octanol–water partition coefficient (Wildman–Crippen LogP) is 0.232. The maximum atomic E-state index is 4.97. The molecule has 1 N–H and O–H groups in total. The van der Waals surface area contributed by atoms with Crippen molar-refractivity contribution < 1.29 is 0 Å². The van der Waals surface area contributed by atoms with Gasteiger partial charge in [-0.1, -0.05) is 5.92 Å². The number of hydrogen-bond donors (Lipinski definition) is 1. The van der Waals surface area contributed by atoms with Crippen LogP contribution < -0.4 is 5.32 Å². The first-order valence-electron chi connectivity index (χ1n) is 2.49. The number of rotatable bonds is 3. The van der Waals surface area contributed by atoms with Crippen LogP contribution in [-0.2, 0) is 0 Å². The minimum Gasteiger partial charge on any atom is -0.305 e. The molecule has 8 heavy (non-hydrogen) atoms. The van der Waals surface area contributed by atoms with Gasteiger partial charge in [-0.05, 0) is 0 Å². The molecule has 0 aliphatic rings. The Hall–Kier alpha value is -0.920. The first-order valence-corrected chi connectivity index (χ1v) is 2.49. The Kier molecular flexibility index (Phi) is 5.38. The van der Waals surface area contributed by atoms with Gasteiger partial charge in [-0.3, -0.25) is 0 Å². The lowest BCUT2D eigenvalue weighted by molar-refractivity contribution is 0.775. The monoisotopic (exact) mass is 107 g/mol. The van der Waals surface area contributed by atoms with E-state index >= 15 is 0 Å². The summed E-state index contributed by atoms with van der Waals surface area (Å²) in [4.78, 5) is 0. The zero-order chi connectivity index (χ0) is 6.24. The lowest BCUT2D eigenvalue weighted by Crippen LogP contribution is -2.14. The highest BCUT2D eigenvalue weighted by Crippen LogP contribution is 1.66. The van der Waals surface area contributed by atoms with E-state index in [-0.39, 0.29) is 0 Å². The molecule has 0 aromatic carbocycles. The van der Waals surface area contributed by atoms with Crippen molar-refractivity contribution >= 4 is 0 Å². The third-order valence-electron chi connectivity index (χ3n) is 0.673. The van der Waals surface area contributed by atoms with Crippen molar-refractivity contribution in [2.75, 3.05) is 13.1 Å². The number of nitrogens with one attached hydrogen (secondary N) is 1. The molecule has 0 fully saturated rings. The summed E-state index contributed by atoms with van der Waals surface area (Å²) in [7, 11) is 0. The summed E-state index contributed by atoms with van der Waals surface area (Å²) >= 11 is 0. The van der Waals surface area contributed by atoms with Gasteiger partial charge in [0.05, 0.1) is 6.54 Å². The van der Waals surface area contributed by atoms with Gasteiger partial charge in [-0.25, -0.2) is 0 Å². The lowest BCUT2D eigenvalue weighted by Gasteiger charge is -1.91. The third kappa shape index (κ3) is 5.08. The van der Waals surface area contributed by atoms with E-state index in [2.05, 4.69) is 17.2 Å². The molecule has 0 saturated carbocycles. The van der Waals surface area contributed by atoms with E-state index in [4.69, 9.17) is 12.8 Å². The SMILES string of the molecule is C#CCCNCC#C. The summed E-state index contributed by atoms with van der Waals surface area (Å²) in [6.45, 7) is 1.43. The molecule has 0 aromatic heterocycles. The van der Waals surface area contributed by atoms with E-state index in [0.29, 0.717) is 6.54 Å². The zero-order valence-corrected chi connectivity index (χ0v) is 4.78. The second-order valence-corrected chi connectivity index (χ2v) is 1.34. The molecule has 0 aliphatic heterocycles. The molecule has 0 atom stereocenters. The maximum Gasteiger partial charge on any atom is 0.0574 e.